The van der Waals surface area contributed by atoms with Gasteiger partial charge in [-0.1, -0.05) is 30.3 Å². The Bertz CT molecular complexity index is 913. The van der Waals surface area contributed by atoms with E-state index in [1.54, 1.807) is 23.6 Å². The maximum atomic E-state index is 13.2. The Labute approximate surface area is 197 Å². The minimum absolute atomic E-state index is 0.119. The lowest BCUT2D eigenvalue weighted by molar-refractivity contribution is -0.145. The van der Waals surface area contributed by atoms with Crippen LogP contribution in [-0.2, 0) is 14.3 Å². The molecule has 10 heteroatoms. The number of hydrogen-bond donors (Lipinski definition) is 1. The molecule has 1 aromatic carbocycles. The maximum Gasteiger partial charge on any atom is 0.328 e. The first-order chi connectivity index (χ1) is 16.0. The van der Waals surface area contributed by atoms with Gasteiger partial charge in [-0.2, -0.15) is 11.8 Å². The first-order valence-corrected chi connectivity index (χ1v) is 12.7. The molecule has 2 heterocycles. The number of piperazine rings is 1. The Morgan fingerprint density at radius 1 is 1.21 bits per heavy atom. The summed E-state index contributed by atoms with van der Waals surface area (Å²) in [6, 6.07) is 7.68. The van der Waals surface area contributed by atoms with Crippen LogP contribution in [0.3, 0.4) is 0 Å². The molecule has 0 radical (unpaired) electrons. The zero-order chi connectivity index (χ0) is 23.5. The van der Waals surface area contributed by atoms with E-state index < -0.39 is 24.1 Å². The van der Waals surface area contributed by atoms with Crippen LogP contribution in [-0.4, -0.2) is 95.0 Å². The largest absolute Gasteiger partial charge is 0.464 e. The van der Waals surface area contributed by atoms with E-state index in [-0.39, 0.29) is 43.6 Å². The van der Waals surface area contributed by atoms with Crippen molar-refractivity contribution in [3.8, 4) is 0 Å². The Morgan fingerprint density at radius 3 is 2.67 bits per heavy atom. The molecule has 5 amide bonds. The summed E-state index contributed by atoms with van der Waals surface area (Å²) in [6.07, 6.45) is 3.16. The van der Waals surface area contributed by atoms with Crippen molar-refractivity contribution in [1.82, 2.24) is 20.0 Å². The molecule has 178 valence electrons. The number of thioether (sulfide) groups is 1. The van der Waals surface area contributed by atoms with Gasteiger partial charge in [-0.3, -0.25) is 9.69 Å². The fourth-order valence-corrected chi connectivity index (χ4v) is 5.07. The third-order valence-electron chi connectivity index (χ3n) is 6.44. The first-order valence-electron chi connectivity index (χ1n) is 11.4. The summed E-state index contributed by atoms with van der Waals surface area (Å²) in [5.74, 6) is 0.163. The second-order valence-corrected chi connectivity index (χ2v) is 9.49. The van der Waals surface area contributed by atoms with Crippen LogP contribution in [0.15, 0.2) is 30.3 Å². The van der Waals surface area contributed by atoms with Gasteiger partial charge in [0.2, 0.25) is 0 Å². The van der Waals surface area contributed by atoms with Crippen molar-refractivity contribution < 1.29 is 23.9 Å². The minimum Gasteiger partial charge on any atom is -0.464 e. The van der Waals surface area contributed by atoms with Crippen LogP contribution in [0.25, 0.3) is 0 Å². The molecule has 9 nitrogen and oxygen atoms in total. The molecule has 0 aromatic heterocycles. The number of carbonyl (C=O) groups excluding carboxylic acids is 4. The van der Waals surface area contributed by atoms with E-state index in [9.17, 15) is 19.2 Å². The number of ether oxygens (including phenoxy) is 1. The molecule has 1 aliphatic carbocycles. The summed E-state index contributed by atoms with van der Waals surface area (Å²) < 4.78 is 5.09. The SMILES string of the molecule is CCOC(=O)C(CCSC)NC(=O)N1CCN2C(=O)N(C3CC3c3ccccc3)C(=O)C2C1. The molecule has 1 saturated carbocycles. The minimum atomic E-state index is -0.738. The fourth-order valence-electron chi connectivity index (χ4n) is 4.60. The van der Waals surface area contributed by atoms with Gasteiger partial charge in [0.15, 0.2) is 0 Å². The number of nitrogens with zero attached hydrogens (tertiary/aromatic N) is 3. The lowest BCUT2D eigenvalue weighted by Gasteiger charge is -2.35. The van der Waals surface area contributed by atoms with E-state index in [0.29, 0.717) is 18.7 Å². The van der Waals surface area contributed by atoms with Gasteiger partial charge in [0.05, 0.1) is 13.2 Å². The summed E-state index contributed by atoms with van der Waals surface area (Å²) in [5.41, 5.74) is 1.13. The number of amides is 5. The standard InChI is InChI=1S/C23H30N4O5S/c1-3-32-21(29)17(9-12-33-2)24-22(30)25-10-11-26-19(14-25)20(28)27(23(26)31)18-13-16(18)15-7-5-4-6-8-15/h4-8,16-19H,3,9-14H2,1-2H3,(H,24,30). The molecular formula is C23H30N4O5S. The van der Waals surface area contributed by atoms with Gasteiger partial charge in [-0.15, -0.1) is 0 Å². The third kappa shape index (κ3) is 4.80. The molecule has 2 aliphatic heterocycles. The van der Waals surface area contributed by atoms with E-state index in [2.05, 4.69) is 5.32 Å². The van der Waals surface area contributed by atoms with Gasteiger partial charge in [0.1, 0.15) is 12.1 Å². The smallest absolute Gasteiger partial charge is 0.328 e. The lowest BCUT2D eigenvalue weighted by atomic mass is 10.1. The molecule has 2 saturated heterocycles. The molecule has 1 N–H and O–H groups in total. The summed E-state index contributed by atoms with van der Waals surface area (Å²) in [4.78, 5) is 55.8. The zero-order valence-electron chi connectivity index (χ0n) is 18.9. The molecule has 4 atom stereocenters. The maximum absolute atomic E-state index is 13.2. The lowest BCUT2D eigenvalue weighted by Crippen LogP contribution is -2.58. The Kier molecular flexibility index (Phi) is 7.11. The molecule has 3 aliphatic rings. The van der Waals surface area contributed by atoms with Crippen molar-refractivity contribution >= 4 is 35.7 Å². The summed E-state index contributed by atoms with van der Waals surface area (Å²) in [6.45, 7) is 2.68. The molecular weight excluding hydrogens is 444 g/mol. The first kappa shape index (κ1) is 23.4. The molecule has 0 spiro atoms. The van der Waals surface area contributed by atoms with Crippen LogP contribution in [0, 0.1) is 0 Å². The predicted octanol–water partition coefficient (Wildman–Crippen LogP) is 1.89. The van der Waals surface area contributed by atoms with Crippen LogP contribution in [0.5, 0.6) is 0 Å². The van der Waals surface area contributed by atoms with E-state index >= 15 is 0 Å². The number of urea groups is 2. The van der Waals surface area contributed by atoms with Crippen molar-refractivity contribution in [2.45, 2.75) is 43.8 Å². The molecule has 3 fully saturated rings. The fraction of sp³-hybridized carbons (Fsp3) is 0.565. The van der Waals surface area contributed by atoms with E-state index in [0.717, 1.165) is 12.0 Å². The van der Waals surface area contributed by atoms with Gasteiger partial charge in [-0.05, 0) is 37.3 Å². The summed E-state index contributed by atoms with van der Waals surface area (Å²) >= 11 is 1.58. The average molecular weight is 475 g/mol. The summed E-state index contributed by atoms with van der Waals surface area (Å²) in [5, 5.41) is 2.76. The van der Waals surface area contributed by atoms with Crippen LogP contribution in [0.4, 0.5) is 9.59 Å². The number of nitrogens with one attached hydrogen (secondary N) is 1. The number of carbonyl (C=O) groups is 4. The normalized spacial score (nSPS) is 25.0. The number of imide groups is 1. The van der Waals surface area contributed by atoms with Crippen LogP contribution < -0.4 is 5.32 Å². The number of rotatable bonds is 8. The zero-order valence-corrected chi connectivity index (χ0v) is 19.8. The Hall–Kier alpha value is -2.75. The molecule has 1 aromatic rings. The second kappa shape index (κ2) is 10.0. The van der Waals surface area contributed by atoms with E-state index in [4.69, 9.17) is 4.74 Å². The Balaban J connectivity index is 1.38. The van der Waals surface area contributed by atoms with Crippen LogP contribution >= 0.6 is 11.8 Å². The number of esters is 1. The number of benzene rings is 1. The Morgan fingerprint density at radius 2 is 1.97 bits per heavy atom. The molecule has 33 heavy (non-hydrogen) atoms. The van der Waals surface area contributed by atoms with E-state index in [1.165, 1.54) is 9.80 Å². The summed E-state index contributed by atoms with van der Waals surface area (Å²) in [7, 11) is 0. The number of fused-ring (bicyclic) bond motifs is 1. The monoisotopic (exact) mass is 474 g/mol. The second-order valence-electron chi connectivity index (χ2n) is 8.50. The quantitative estimate of drug-likeness (QED) is 0.456. The van der Waals surface area contributed by atoms with Crippen LogP contribution in [0.2, 0.25) is 0 Å². The van der Waals surface area contributed by atoms with Gasteiger partial charge in [-0.25, -0.2) is 14.4 Å². The van der Waals surface area contributed by atoms with Crippen LogP contribution in [0.1, 0.15) is 31.2 Å². The average Bonchev–Trinajstić information content (AvgIpc) is 3.57. The predicted molar refractivity (Wildman–Crippen MR) is 124 cm³/mol. The van der Waals surface area contributed by atoms with Gasteiger partial charge in [0.25, 0.3) is 5.91 Å². The molecule has 0 bridgehead atoms. The highest BCUT2D eigenvalue weighted by molar-refractivity contribution is 7.98. The molecule has 4 rings (SSSR count). The van der Waals surface area contributed by atoms with Crippen molar-refractivity contribution in [3.05, 3.63) is 35.9 Å². The number of hydrogen-bond acceptors (Lipinski definition) is 6. The van der Waals surface area contributed by atoms with Gasteiger partial charge < -0.3 is 19.9 Å². The van der Waals surface area contributed by atoms with Crippen molar-refractivity contribution in [3.63, 3.8) is 0 Å². The third-order valence-corrected chi connectivity index (χ3v) is 7.08. The van der Waals surface area contributed by atoms with Crippen molar-refractivity contribution in [2.24, 2.45) is 0 Å². The van der Waals surface area contributed by atoms with Crippen molar-refractivity contribution in [1.29, 1.82) is 0 Å². The highest BCUT2D eigenvalue weighted by Crippen LogP contribution is 2.46. The topological polar surface area (TPSA) is 99.3 Å². The van der Waals surface area contributed by atoms with Gasteiger partial charge in [0, 0.05) is 25.0 Å². The van der Waals surface area contributed by atoms with Crippen molar-refractivity contribution in [2.75, 3.05) is 38.2 Å². The molecule has 4 unspecified atom stereocenters. The van der Waals surface area contributed by atoms with Gasteiger partial charge >= 0.3 is 18.0 Å². The highest BCUT2D eigenvalue weighted by atomic mass is 32.2. The van der Waals surface area contributed by atoms with E-state index in [1.807, 2.05) is 36.6 Å². The highest BCUT2D eigenvalue weighted by Gasteiger charge is 2.56.